The number of ether oxygens (including phenoxy) is 1. The number of amides is 1. The fraction of sp³-hybridized carbons (Fsp3) is 0.375. The Bertz CT molecular complexity index is 633. The largest absolute Gasteiger partial charge is 0.466 e. The van der Waals surface area contributed by atoms with Gasteiger partial charge in [0.2, 0.25) is 5.91 Å². The van der Waals surface area contributed by atoms with E-state index in [0.29, 0.717) is 19.6 Å². The molecule has 1 N–H and O–H groups in total. The van der Waals surface area contributed by atoms with Crippen LogP contribution in [0.1, 0.15) is 18.9 Å². The van der Waals surface area contributed by atoms with Gasteiger partial charge in [0.25, 0.3) is 0 Å². The average molecular weight is 288 g/mol. The van der Waals surface area contributed by atoms with Gasteiger partial charge in [-0.3, -0.25) is 9.59 Å². The summed E-state index contributed by atoms with van der Waals surface area (Å²) in [5, 5.41) is 1.06. The van der Waals surface area contributed by atoms with Crippen molar-refractivity contribution in [2.24, 2.45) is 0 Å². The molecular weight excluding hydrogens is 268 g/mol. The van der Waals surface area contributed by atoms with Crippen molar-refractivity contribution >= 4 is 22.8 Å². The Morgan fingerprint density at radius 2 is 2.05 bits per heavy atom. The summed E-state index contributed by atoms with van der Waals surface area (Å²) in [7, 11) is 1.70. The lowest BCUT2D eigenvalue weighted by Gasteiger charge is -2.16. The number of aromatic nitrogens is 1. The van der Waals surface area contributed by atoms with E-state index in [9.17, 15) is 9.59 Å². The summed E-state index contributed by atoms with van der Waals surface area (Å²) in [4.78, 5) is 28.2. The Kier molecular flexibility index (Phi) is 4.98. The van der Waals surface area contributed by atoms with Crippen molar-refractivity contribution in [1.29, 1.82) is 0 Å². The van der Waals surface area contributed by atoms with Crippen LogP contribution in [0, 0.1) is 0 Å². The maximum atomic E-state index is 12.2. The molecule has 1 heterocycles. The highest BCUT2D eigenvalue weighted by molar-refractivity contribution is 5.88. The molecule has 0 bridgehead atoms. The zero-order chi connectivity index (χ0) is 15.2. The molecule has 5 nitrogen and oxygen atoms in total. The van der Waals surface area contributed by atoms with Crippen molar-refractivity contribution in [3.8, 4) is 0 Å². The molecule has 0 spiro atoms. The molecule has 0 unspecified atom stereocenters. The number of fused-ring (bicyclic) bond motifs is 1. The van der Waals surface area contributed by atoms with Crippen molar-refractivity contribution in [3.63, 3.8) is 0 Å². The molecule has 2 aromatic rings. The molecule has 0 radical (unpaired) electrons. The summed E-state index contributed by atoms with van der Waals surface area (Å²) in [6.07, 6.45) is 2.41. The summed E-state index contributed by atoms with van der Waals surface area (Å²) < 4.78 is 4.85. The zero-order valence-corrected chi connectivity index (χ0v) is 12.4. The number of hydrogen-bond acceptors (Lipinski definition) is 3. The van der Waals surface area contributed by atoms with Crippen molar-refractivity contribution in [3.05, 3.63) is 36.0 Å². The number of carbonyl (C=O) groups is 2. The maximum absolute atomic E-state index is 12.2. The minimum atomic E-state index is -0.274. The first-order chi connectivity index (χ1) is 10.1. The molecule has 0 fully saturated rings. The van der Waals surface area contributed by atoms with E-state index in [-0.39, 0.29) is 18.3 Å². The van der Waals surface area contributed by atoms with Gasteiger partial charge in [0.05, 0.1) is 19.4 Å². The minimum absolute atomic E-state index is 0.0101. The lowest BCUT2D eigenvalue weighted by atomic mass is 10.1. The smallest absolute Gasteiger partial charge is 0.307 e. The summed E-state index contributed by atoms with van der Waals surface area (Å²) in [5.74, 6) is -0.284. The van der Waals surface area contributed by atoms with Gasteiger partial charge in [0.1, 0.15) is 0 Å². The number of esters is 1. The third-order valence-corrected chi connectivity index (χ3v) is 3.40. The van der Waals surface area contributed by atoms with Crippen LogP contribution >= 0.6 is 0 Å². The fourth-order valence-corrected chi connectivity index (χ4v) is 2.19. The van der Waals surface area contributed by atoms with Crippen LogP contribution in [0.2, 0.25) is 0 Å². The topological polar surface area (TPSA) is 62.4 Å². The predicted octanol–water partition coefficient (Wildman–Crippen LogP) is 2.12. The quantitative estimate of drug-likeness (QED) is 0.828. The number of likely N-dealkylation sites (N-methyl/N-ethyl adjacent to an activating group) is 1. The van der Waals surface area contributed by atoms with Gasteiger partial charge in [0, 0.05) is 30.7 Å². The number of nitrogens with one attached hydrogen (secondary N) is 1. The second-order valence-electron chi connectivity index (χ2n) is 4.91. The molecule has 0 atom stereocenters. The van der Waals surface area contributed by atoms with Crippen LogP contribution in [0.5, 0.6) is 0 Å². The summed E-state index contributed by atoms with van der Waals surface area (Å²) in [5.41, 5.74) is 1.99. The third-order valence-electron chi connectivity index (χ3n) is 3.40. The van der Waals surface area contributed by atoms with Crippen LogP contribution in [0.15, 0.2) is 30.5 Å². The number of benzene rings is 1. The second-order valence-corrected chi connectivity index (χ2v) is 4.91. The SMILES string of the molecule is CCOC(=O)CCN(C)C(=O)Cc1c[nH]c2ccccc12. The van der Waals surface area contributed by atoms with Crippen LogP contribution in [0.4, 0.5) is 0 Å². The highest BCUT2D eigenvalue weighted by atomic mass is 16.5. The number of para-hydroxylation sites is 1. The molecule has 5 heteroatoms. The van der Waals surface area contributed by atoms with E-state index in [1.54, 1.807) is 18.9 Å². The summed E-state index contributed by atoms with van der Waals surface area (Å²) in [6.45, 7) is 2.51. The predicted molar refractivity (Wildman–Crippen MR) is 80.9 cm³/mol. The first-order valence-electron chi connectivity index (χ1n) is 7.06. The molecule has 1 amide bonds. The second kappa shape index (κ2) is 6.92. The molecule has 2 rings (SSSR count). The van der Waals surface area contributed by atoms with Crippen molar-refractivity contribution in [1.82, 2.24) is 9.88 Å². The van der Waals surface area contributed by atoms with E-state index in [4.69, 9.17) is 4.74 Å². The summed E-state index contributed by atoms with van der Waals surface area (Å²) in [6, 6.07) is 7.88. The van der Waals surface area contributed by atoms with Gasteiger partial charge in [-0.25, -0.2) is 0 Å². The number of H-pyrrole nitrogens is 1. The van der Waals surface area contributed by atoms with E-state index >= 15 is 0 Å². The number of carbonyl (C=O) groups excluding carboxylic acids is 2. The van der Waals surface area contributed by atoms with Crippen LogP contribution < -0.4 is 0 Å². The Morgan fingerprint density at radius 3 is 2.81 bits per heavy atom. The first-order valence-corrected chi connectivity index (χ1v) is 7.06. The van der Waals surface area contributed by atoms with Gasteiger partial charge in [-0.15, -0.1) is 0 Å². The van der Waals surface area contributed by atoms with E-state index < -0.39 is 0 Å². The van der Waals surface area contributed by atoms with Crippen molar-refractivity contribution < 1.29 is 14.3 Å². The molecule has 112 valence electrons. The Hall–Kier alpha value is -2.30. The average Bonchev–Trinajstić information content (AvgIpc) is 2.88. The van der Waals surface area contributed by atoms with Crippen LogP contribution in [0.3, 0.4) is 0 Å². The van der Waals surface area contributed by atoms with Crippen LogP contribution in [0.25, 0.3) is 10.9 Å². The standard InChI is InChI=1S/C16H20N2O3/c1-3-21-16(20)8-9-18(2)15(19)10-12-11-17-14-7-5-4-6-13(12)14/h4-7,11,17H,3,8-10H2,1-2H3. The molecular formula is C16H20N2O3. The normalized spacial score (nSPS) is 10.6. The number of aromatic amines is 1. The number of nitrogens with zero attached hydrogens (tertiary/aromatic N) is 1. The van der Waals surface area contributed by atoms with Gasteiger partial charge in [-0.05, 0) is 18.6 Å². The lowest BCUT2D eigenvalue weighted by molar-refractivity contribution is -0.143. The molecule has 0 saturated carbocycles. The fourth-order valence-electron chi connectivity index (χ4n) is 2.19. The molecule has 21 heavy (non-hydrogen) atoms. The summed E-state index contributed by atoms with van der Waals surface area (Å²) >= 11 is 0. The molecule has 1 aromatic carbocycles. The van der Waals surface area contributed by atoms with Gasteiger partial charge in [-0.2, -0.15) is 0 Å². The van der Waals surface area contributed by atoms with Crippen LogP contribution in [-0.4, -0.2) is 42.0 Å². The van der Waals surface area contributed by atoms with E-state index in [1.165, 1.54) is 0 Å². The van der Waals surface area contributed by atoms with Gasteiger partial charge in [-0.1, -0.05) is 18.2 Å². The molecule has 0 saturated heterocycles. The molecule has 1 aromatic heterocycles. The van der Waals surface area contributed by atoms with Crippen molar-refractivity contribution in [2.45, 2.75) is 19.8 Å². The van der Waals surface area contributed by atoms with Gasteiger partial charge < -0.3 is 14.6 Å². The van der Waals surface area contributed by atoms with Gasteiger partial charge >= 0.3 is 5.97 Å². The highest BCUT2D eigenvalue weighted by Gasteiger charge is 2.14. The minimum Gasteiger partial charge on any atom is -0.466 e. The number of rotatable bonds is 6. The Morgan fingerprint density at radius 1 is 1.29 bits per heavy atom. The van der Waals surface area contributed by atoms with E-state index in [2.05, 4.69) is 4.98 Å². The molecule has 0 aliphatic rings. The highest BCUT2D eigenvalue weighted by Crippen LogP contribution is 2.18. The lowest BCUT2D eigenvalue weighted by Crippen LogP contribution is -2.30. The third kappa shape index (κ3) is 3.84. The maximum Gasteiger partial charge on any atom is 0.307 e. The van der Waals surface area contributed by atoms with Gasteiger partial charge in [0.15, 0.2) is 0 Å². The monoisotopic (exact) mass is 288 g/mol. The van der Waals surface area contributed by atoms with E-state index in [0.717, 1.165) is 16.5 Å². The number of hydrogen-bond donors (Lipinski definition) is 1. The van der Waals surface area contributed by atoms with Crippen LogP contribution in [-0.2, 0) is 20.7 Å². The Labute approximate surface area is 123 Å². The zero-order valence-electron chi connectivity index (χ0n) is 12.4. The first kappa shape index (κ1) is 15.1. The molecule has 0 aliphatic carbocycles. The van der Waals surface area contributed by atoms with E-state index in [1.807, 2.05) is 30.5 Å². The van der Waals surface area contributed by atoms with Crippen molar-refractivity contribution in [2.75, 3.05) is 20.2 Å². The Balaban J connectivity index is 1.93. The molecule has 0 aliphatic heterocycles.